The first-order chi connectivity index (χ1) is 11.1. The molecule has 0 aliphatic carbocycles. The van der Waals surface area contributed by atoms with Gasteiger partial charge in [0, 0.05) is 21.4 Å². The average Bonchev–Trinajstić information content (AvgIpc) is 2.54. The molecule has 0 radical (unpaired) electrons. The summed E-state index contributed by atoms with van der Waals surface area (Å²) in [5.41, 5.74) is 2.55. The van der Waals surface area contributed by atoms with Gasteiger partial charge in [0.15, 0.2) is 6.61 Å². The molecule has 0 fully saturated rings. The Balaban J connectivity index is 1.57. The molecular formula is C17H15IN2O3. The number of carbonyl (C=O) groups is 2. The van der Waals surface area contributed by atoms with E-state index in [0.717, 1.165) is 14.8 Å². The predicted octanol–water partition coefficient (Wildman–Crippen LogP) is 3.19. The van der Waals surface area contributed by atoms with E-state index in [1.54, 1.807) is 6.07 Å². The number of rotatable bonds is 4. The molecule has 1 heterocycles. The lowest BCUT2D eigenvalue weighted by Crippen LogP contribution is -2.21. The molecule has 0 aromatic heterocycles. The fraction of sp³-hybridized carbons (Fsp3) is 0.176. The third kappa shape index (κ3) is 4.22. The van der Waals surface area contributed by atoms with Gasteiger partial charge in [-0.15, -0.1) is 0 Å². The molecule has 0 unspecified atom stereocenters. The number of halogens is 1. The molecule has 118 valence electrons. The number of ether oxygens (including phenoxy) is 1. The van der Waals surface area contributed by atoms with Gasteiger partial charge in [-0.05, 0) is 77.0 Å². The first kappa shape index (κ1) is 15.8. The van der Waals surface area contributed by atoms with E-state index in [0.29, 0.717) is 24.3 Å². The summed E-state index contributed by atoms with van der Waals surface area (Å²) in [6.45, 7) is -0.0472. The Kier molecular flexibility index (Phi) is 4.80. The van der Waals surface area contributed by atoms with Gasteiger partial charge in [-0.25, -0.2) is 0 Å². The van der Waals surface area contributed by atoms with E-state index in [2.05, 4.69) is 33.2 Å². The summed E-state index contributed by atoms with van der Waals surface area (Å²) in [4.78, 5) is 23.3. The van der Waals surface area contributed by atoms with Gasteiger partial charge >= 0.3 is 0 Å². The number of aryl methyl sites for hydroxylation is 1. The van der Waals surface area contributed by atoms with Crippen LogP contribution in [-0.4, -0.2) is 18.4 Å². The van der Waals surface area contributed by atoms with Crippen LogP contribution in [0.25, 0.3) is 0 Å². The van der Waals surface area contributed by atoms with Crippen molar-refractivity contribution in [3.8, 4) is 5.75 Å². The van der Waals surface area contributed by atoms with E-state index in [1.165, 1.54) is 0 Å². The predicted molar refractivity (Wildman–Crippen MR) is 96.7 cm³/mol. The van der Waals surface area contributed by atoms with Crippen molar-refractivity contribution in [3.05, 3.63) is 51.6 Å². The molecule has 0 bridgehead atoms. The molecule has 0 saturated heterocycles. The van der Waals surface area contributed by atoms with Crippen molar-refractivity contribution in [2.24, 2.45) is 0 Å². The summed E-state index contributed by atoms with van der Waals surface area (Å²) >= 11 is 2.21. The summed E-state index contributed by atoms with van der Waals surface area (Å²) in [6.07, 6.45) is 1.16. The highest BCUT2D eigenvalue weighted by Gasteiger charge is 2.15. The monoisotopic (exact) mass is 422 g/mol. The van der Waals surface area contributed by atoms with Crippen molar-refractivity contribution in [2.75, 3.05) is 17.2 Å². The Morgan fingerprint density at radius 2 is 1.96 bits per heavy atom. The molecule has 1 aliphatic heterocycles. The van der Waals surface area contributed by atoms with Crippen LogP contribution in [0.5, 0.6) is 5.75 Å². The number of amides is 2. The maximum absolute atomic E-state index is 12.0. The number of fused-ring (bicyclic) bond motifs is 1. The second-order valence-electron chi connectivity index (χ2n) is 5.21. The lowest BCUT2D eigenvalue weighted by atomic mass is 10.0. The second kappa shape index (κ2) is 6.99. The van der Waals surface area contributed by atoms with Gasteiger partial charge in [0.05, 0.1) is 0 Å². The quantitative estimate of drug-likeness (QED) is 0.744. The zero-order chi connectivity index (χ0) is 16.2. The van der Waals surface area contributed by atoms with Gasteiger partial charge in [0.1, 0.15) is 5.75 Å². The first-order valence-electron chi connectivity index (χ1n) is 7.21. The number of carbonyl (C=O) groups excluding carboxylic acids is 2. The molecule has 0 atom stereocenters. The highest BCUT2D eigenvalue weighted by Crippen LogP contribution is 2.25. The normalized spacial score (nSPS) is 13.0. The smallest absolute Gasteiger partial charge is 0.262 e. The highest BCUT2D eigenvalue weighted by atomic mass is 127. The van der Waals surface area contributed by atoms with Crippen molar-refractivity contribution >= 4 is 45.8 Å². The van der Waals surface area contributed by atoms with Crippen LogP contribution in [0.3, 0.4) is 0 Å². The first-order valence-corrected chi connectivity index (χ1v) is 8.29. The van der Waals surface area contributed by atoms with Crippen molar-refractivity contribution in [3.63, 3.8) is 0 Å². The Hall–Kier alpha value is -2.09. The molecule has 0 spiro atoms. The Bertz CT molecular complexity index is 744. The molecule has 3 rings (SSSR count). The Morgan fingerprint density at radius 3 is 2.74 bits per heavy atom. The number of hydrogen-bond acceptors (Lipinski definition) is 3. The van der Waals surface area contributed by atoms with Crippen LogP contribution < -0.4 is 15.4 Å². The number of benzene rings is 2. The molecule has 2 aromatic rings. The van der Waals surface area contributed by atoms with Crippen LogP contribution in [0, 0.1) is 3.57 Å². The molecule has 2 N–H and O–H groups in total. The van der Waals surface area contributed by atoms with Gasteiger partial charge in [-0.2, -0.15) is 0 Å². The minimum Gasteiger partial charge on any atom is -0.484 e. The largest absolute Gasteiger partial charge is 0.484 e. The average molecular weight is 422 g/mol. The number of anilines is 2. The SMILES string of the molecule is O=C(COc1ccc(I)cc1)Nc1ccc2c(c1)CCC(=O)N2. The topological polar surface area (TPSA) is 67.4 Å². The van der Waals surface area contributed by atoms with Crippen LogP contribution in [0.2, 0.25) is 0 Å². The summed E-state index contributed by atoms with van der Waals surface area (Å²) in [5.74, 6) is 0.470. The van der Waals surface area contributed by atoms with Crippen LogP contribution in [0.4, 0.5) is 11.4 Å². The van der Waals surface area contributed by atoms with Gasteiger partial charge in [-0.1, -0.05) is 0 Å². The van der Waals surface area contributed by atoms with Crippen LogP contribution in [0.15, 0.2) is 42.5 Å². The number of nitrogens with one attached hydrogen (secondary N) is 2. The van der Waals surface area contributed by atoms with Gasteiger partial charge in [0.2, 0.25) is 5.91 Å². The molecule has 1 aliphatic rings. The second-order valence-corrected chi connectivity index (χ2v) is 6.46. The molecule has 6 heteroatoms. The van der Waals surface area contributed by atoms with Gasteiger partial charge in [0.25, 0.3) is 5.91 Å². The minimum absolute atomic E-state index is 0.0280. The van der Waals surface area contributed by atoms with Crippen molar-refractivity contribution in [1.29, 1.82) is 0 Å². The van der Waals surface area contributed by atoms with E-state index in [9.17, 15) is 9.59 Å². The molecule has 2 amide bonds. The van der Waals surface area contributed by atoms with Crippen molar-refractivity contribution in [1.82, 2.24) is 0 Å². The molecule has 23 heavy (non-hydrogen) atoms. The van der Waals surface area contributed by atoms with E-state index in [-0.39, 0.29) is 18.4 Å². The van der Waals surface area contributed by atoms with Crippen LogP contribution in [-0.2, 0) is 16.0 Å². The van der Waals surface area contributed by atoms with Gasteiger partial charge < -0.3 is 15.4 Å². The minimum atomic E-state index is -0.219. The zero-order valence-corrected chi connectivity index (χ0v) is 14.4. The lowest BCUT2D eigenvalue weighted by molar-refractivity contribution is -0.118. The maximum atomic E-state index is 12.0. The van der Waals surface area contributed by atoms with Crippen molar-refractivity contribution < 1.29 is 14.3 Å². The molecular weight excluding hydrogens is 407 g/mol. The van der Waals surface area contributed by atoms with Gasteiger partial charge in [-0.3, -0.25) is 9.59 Å². The Labute approximate surface area is 147 Å². The highest BCUT2D eigenvalue weighted by molar-refractivity contribution is 14.1. The molecule has 0 saturated carbocycles. The van der Waals surface area contributed by atoms with Crippen LogP contribution in [0.1, 0.15) is 12.0 Å². The van der Waals surface area contributed by atoms with E-state index in [1.807, 2.05) is 36.4 Å². The summed E-state index contributed by atoms with van der Waals surface area (Å²) in [6, 6.07) is 13.0. The lowest BCUT2D eigenvalue weighted by Gasteiger charge is -2.17. The third-order valence-corrected chi connectivity index (χ3v) is 4.19. The summed E-state index contributed by atoms with van der Waals surface area (Å²) in [7, 11) is 0. The van der Waals surface area contributed by atoms with E-state index < -0.39 is 0 Å². The fourth-order valence-corrected chi connectivity index (χ4v) is 2.70. The summed E-state index contributed by atoms with van der Waals surface area (Å²) < 4.78 is 6.56. The van der Waals surface area contributed by atoms with Crippen LogP contribution >= 0.6 is 22.6 Å². The zero-order valence-electron chi connectivity index (χ0n) is 12.3. The van der Waals surface area contributed by atoms with E-state index >= 15 is 0 Å². The maximum Gasteiger partial charge on any atom is 0.262 e. The Morgan fingerprint density at radius 1 is 1.17 bits per heavy atom. The van der Waals surface area contributed by atoms with Crippen molar-refractivity contribution in [2.45, 2.75) is 12.8 Å². The fourth-order valence-electron chi connectivity index (χ4n) is 2.34. The molecule has 2 aromatic carbocycles. The third-order valence-electron chi connectivity index (χ3n) is 3.47. The standard InChI is InChI=1S/C17H15IN2O3/c18-12-2-5-14(6-3-12)23-10-17(22)19-13-4-7-15-11(9-13)1-8-16(21)20-15/h2-7,9H,1,8,10H2,(H,19,22)(H,20,21). The molecule has 5 nitrogen and oxygen atoms in total. The summed E-state index contributed by atoms with van der Waals surface area (Å²) in [5, 5.41) is 5.62. The van der Waals surface area contributed by atoms with E-state index in [4.69, 9.17) is 4.74 Å². The number of hydrogen-bond donors (Lipinski definition) is 2.